The maximum Gasteiger partial charge on any atom is 0.330 e. The second kappa shape index (κ2) is 12.2. The third kappa shape index (κ3) is 6.94. The van der Waals surface area contributed by atoms with Gasteiger partial charge in [0.1, 0.15) is 0 Å². The van der Waals surface area contributed by atoms with Crippen LogP contribution in [0.1, 0.15) is 47.0 Å². The molecule has 0 spiro atoms. The molecule has 0 amide bonds. The summed E-state index contributed by atoms with van der Waals surface area (Å²) >= 11 is 0.819. The van der Waals surface area contributed by atoms with Crippen molar-refractivity contribution in [3.8, 4) is 0 Å². The Bertz CT molecular complexity index is 661. The van der Waals surface area contributed by atoms with Gasteiger partial charge in [-0.2, -0.15) is 0 Å². The van der Waals surface area contributed by atoms with Crippen LogP contribution in [0.5, 0.6) is 0 Å². The Morgan fingerprint density at radius 3 is 2.65 bits per heavy atom. The lowest BCUT2D eigenvalue weighted by Crippen LogP contribution is -2.64. The molecule has 9 nitrogen and oxygen atoms in total. The van der Waals surface area contributed by atoms with E-state index in [1.807, 2.05) is 0 Å². The van der Waals surface area contributed by atoms with Gasteiger partial charge in [-0.05, 0) is 20.3 Å². The van der Waals surface area contributed by atoms with Gasteiger partial charge in [0.15, 0.2) is 6.10 Å². The van der Waals surface area contributed by atoms with Crippen molar-refractivity contribution in [2.24, 2.45) is 5.41 Å². The number of rotatable bonds is 12. The SMILES string of the molecule is [3H][B]SOCC(C)(C)[C@]1(OC)OC(C[C@@H](O)[C@@H](C)O)CC(=CC(=O)OC)[C@@H]1OC(=O)CC. The van der Waals surface area contributed by atoms with E-state index in [4.69, 9.17) is 24.5 Å². The van der Waals surface area contributed by atoms with Crippen molar-refractivity contribution >= 4 is 30.9 Å². The maximum absolute atomic E-state index is 12.3. The first-order valence-corrected chi connectivity index (χ1v) is 10.8. The number of methoxy groups -OCH3 is 2. The summed E-state index contributed by atoms with van der Waals surface area (Å²) in [6.07, 6.45) is -2.37. The molecule has 2 N–H and O–H groups in total. The number of aliphatic hydroxyl groups excluding tert-OH is 2. The average molecular weight is 463 g/mol. The van der Waals surface area contributed by atoms with E-state index in [2.05, 4.69) is 0 Å². The summed E-state index contributed by atoms with van der Waals surface area (Å²) < 4.78 is 35.3. The molecule has 11 heteroatoms. The first-order valence-electron chi connectivity index (χ1n) is 10.6. The molecular weight excluding hydrogens is 427 g/mol. The molecule has 0 bridgehead atoms. The molecule has 1 heterocycles. The zero-order valence-electron chi connectivity index (χ0n) is 20.0. The van der Waals surface area contributed by atoms with Gasteiger partial charge in [0.25, 0.3) is 0 Å². The van der Waals surface area contributed by atoms with Crippen LogP contribution in [0.4, 0.5) is 0 Å². The standard InChI is InChI=1S/C20H34BO9S/c1-7-16(24)29-18-13(9-17(25)26-5)8-14(10-15(23)12(2)22)30-20(18,27-6)19(3,4)11-28-31-21/h9,12,14-15,18,21-23H,7-8,10-11H2,1-6H3/t12-,14?,15-,18+,20-/m1/s1/i21T. The fourth-order valence-corrected chi connectivity index (χ4v) is 3.87. The molecule has 0 saturated carbocycles. The van der Waals surface area contributed by atoms with E-state index in [-0.39, 0.29) is 25.9 Å². The van der Waals surface area contributed by atoms with Gasteiger partial charge in [-0.3, -0.25) is 4.79 Å². The van der Waals surface area contributed by atoms with E-state index in [1.165, 1.54) is 27.2 Å². The lowest BCUT2D eigenvalue weighted by Gasteiger charge is -2.53. The molecule has 1 unspecified atom stereocenters. The molecule has 5 atom stereocenters. The summed E-state index contributed by atoms with van der Waals surface area (Å²) in [5.41, 5.74) is -0.567. The monoisotopic (exact) mass is 463 g/mol. The van der Waals surface area contributed by atoms with Crippen LogP contribution in [0, 0.1) is 5.41 Å². The van der Waals surface area contributed by atoms with Crippen molar-refractivity contribution < 1.29 is 42.9 Å². The Morgan fingerprint density at radius 1 is 1.45 bits per heavy atom. The van der Waals surface area contributed by atoms with Gasteiger partial charge in [-0.15, -0.1) is 0 Å². The number of hydrogen-bond acceptors (Lipinski definition) is 10. The summed E-state index contributed by atoms with van der Waals surface area (Å²) in [5.74, 6) is -2.78. The van der Waals surface area contributed by atoms with Crippen LogP contribution < -0.4 is 0 Å². The summed E-state index contributed by atoms with van der Waals surface area (Å²) in [6.45, 7) is 6.69. The van der Waals surface area contributed by atoms with E-state index in [0.29, 0.717) is 5.57 Å². The molecule has 1 rings (SSSR count). The molecule has 0 aromatic carbocycles. The van der Waals surface area contributed by atoms with E-state index in [9.17, 15) is 19.8 Å². The number of carbonyl (C=O) groups excluding carboxylic acids is 2. The number of ether oxygens (including phenoxy) is 4. The highest BCUT2D eigenvalue weighted by Gasteiger charge is 2.60. The number of carbonyl (C=O) groups is 2. The molecule has 1 aliphatic heterocycles. The van der Waals surface area contributed by atoms with Crippen molar-refractivity contribution in [1.29, 1.82) is 1.34 Å². The second-order valence-electron chi connectivity index (χ2n) is 8.07. The Balaban J connectivity index is 3.55. The fourth-order valence-electron chi connectivity index (χ4n) is 3.50. The molecule has 1 fully saturated rings. The molecule has 1 saturated heterocycles. The lowest BCUT2D eigenvalue weighted by atomic mass is 9.74. The topological polar surface area (TPSA) is 121 Å². The van der Waals surface area contributed by atoms with E-state index >= 15 is 0 Å². The molecule has 0 aromatic rings. The molecule has 1 aliphatic rings. The van der Waals surface area contributed by atoms with Crippen LogP contribution in [-0.4, -0.2) is 81.6 Å². The smallest absolute Gasteiger partial charge is 0.330 e. The van der Waals surface area contributed by atoms with Crippen molar-refractivity contribution in [2.45, 2.75) is 77.2 Å². The largest absolute Gasteiger partial charge is 0.466 e. The van der Waals surface area contributed by atoms with Crippen molar-refractivity contribution in [3.05, 3.63) is 11.6 Å². The van der Waals surface area contributed by atoms with Gasteiger partial charge in [-0.1, -0.05) is 32.7 Å². The highest BCUT2D eigenvalue weighted by Crippen LogP contribution is 2.48. The van der Waals surface area contributed by atoms with Gasteiger partial charge in [0, 0.05) is 31.4 Å². The summed E-state index contributed by atoms with van der Waals surface area (Å²) in [5, 5.41) is 20.0. The quantitative estimate of drug-likeness (QED) is 0.144. The van der Waals surface area contributed by atoms with E-state index < -0.39 is 47.6 Å². The normalized spacial score (nSPS) is 27.9. The predicted octanol–water partition coefficient (Wildman–Crippen LogP) is 1.18. The Hall–Kier alpha value is -1.11. The summed E-state index contributed by atoms with van der Waals surface area (Å²) in [7, 11) is 3.65. The number of esters is 2. The Kier molecular flexibility index (Phi) is 10.3. The van der Waals surface area contributed by atoms with Crippen LogP contribution in [-0.2, 0) is 32.7 Å². The number of aliphatic hydroxyl groups is 2. The van der Waals surface area contributed by atoms with Gasteiger partial charge in [-0.25, -0.2) is 4.79 Å². The molecular formula is C20H34BO9S. The molecule has 177 valence electrons. The highest BCUT2D eigenvalue weighted by molar-refractivity contribution is 8.15. The van der Waals surface area contributed by atoms with E-state index in [0.717, 1.165) is 19.0 Å². The number of hydrogen-bond donors (Lipinski definition) is 2. The molecule has 0 aromatic heterocycles. The molecule has 0 aliphatic carbocycles. The zero-order chi connectivity index (χ0) is 24.5. The molecule has 1 radical (unpaired) electrons. The molecule has 31 heavy (non-hydrogen) atoms. The Morgan fingerprint density at radius 2 is 2.13 bits per heavy atom. The van der Waals surface area contributed by atoms with Gasteiger partial charge in [0.05, 0.1) is 32.0 Å². The van der Waals surface area contributed by atoms with Crippen molar-refractivity contribution in [1.82, 2.24) is 0 Å². The highest BCUT2D eigenvalue weighted by atomic mass is 32.2. The van der Waals surface area contributed by atoms with Crippen LogP contribution in [0.25, 0.3) is 0 Å². The zero-order valence-corrected chi connectivity index (χ0v) is 19.8. The fraction of sp³-hybridized carbons (Fsp3) is 0.800. The second-order valence-corrected chi connectivity index (χ2v) is 8.50. The van der Waals surface area contributed by atoms with Crippen molar-refractivity contribution in [2.75, 3.05) is 20.8 Å². The van der Waals surface area contributed by atoms with Crippen LogP contribution >= 0.6 is 11.9 Å². The lowest BCUT2D eigenvalue weighted by molar-refractivity contribution is -0.350. The van der Waals surface area contributed by atoms with Gasteiger partial charge >= 0.3 is 11.9 Å². The van der Waals surface area contributed by atoms with Gasteiger partial charge < -0.3 is 33.3 Å². The third-order valence-electron chi connectivity index (χ3n) is 5.33. The minimum atomic E-state index is -1.61. The average Bonchev–Trinajstić information content (AvgIpc) is 2.74. The third-order valence-corrected chi connectivity index (χ3v) is 5.58. The first kappa shape index (κ1) is 26.1. The minimum Gasteiger partial charge on any atom is -0.466 e. The van der Waals surface area contributed by atoms with Crippen LogP contribution in [0.15, 0.2) is 11.6 Å². The van der Waals surface area contributed by atoms with Gasteiger partial charge in [0.2, 0.25) is 12.9 Å². The maximum atomic E-state index is 12.3. The van der Waals surface area contributed by atoms with Crippen LogP contribution in [0.2, 0.25) is 0 Å². The minimum absolute atomic E-state index is 0.0399. The summed E-state index contributed by atoms with van der Waals surface area (Å²) in [4.78, 5) is 24.4. The van der Waals surface area contributed by atoms with E-state index in [1.54, 1.807) is 20.8 Å². The Labute approximate surface area is 190 Å². The predicted molar refractivity (Wildman–Crippen MR) is 116 cm³/mol. The van der Waals surface area contributed by atoms with Crippen molar-refractivity contribution in [3.63, 3.8) is 0 Å². The summed E-state index contributed by atoms with van der Waals surface area (Å²) in [6, 6.07) is 0. The van der Waals surface area contributed by atoms with Crippen LogP contribution in [0.3, 0.4) is 0 Å². The first-order chi connectivity index (χ1) is 15.0.